The van der Waals surface area contributed by atoms with E-state index in [1.807, 2.05) is 98.4 Å². The minimum absolute atomic E-state index is 0.118. The molecular weight excluding hydrogens is 1100 g/mol. The van der Waals surface area contributed by atoms with E-state index in [1.165, 1.54) is 17.5 Å². The molecule has 0 atom stereocenters. The molecule has 0 unspecified atom stereocenters. The van der Waals surface area contributed by atoms with Crippen molar-refractivity contribution in [1.29, 1.82) is 0 Å². The fraction of sp³-hybridized carbons (Fsp3) is 0.259. The Balaban J connectivity index is 0.000000116. The van der Waals surface area contributed by atoms with Gasteiger partial charge in [-0.15, -0.1) is 0 Å². The first-order chi connectivity index (χ1) is 45.3. The van der Waals surface area contributed by atoms with Gasteiger partial charge in [0, 0.05) is 90.4 Å². The first-order valence-electron chi connectivity index (χ1n) is 34.0. The summed E-state index contributed by atoms with van der Waals surface area (Å²) in [7, 11) is 6.13. The molecule has 9 aromatic heterocycles. The van der Waals surface area contributed by atoms with E-state index in [9.17, 15) is 0 Å². The molecule has 2 aliphatic carbocycles. The highest BCUT2D eigenvalue weighted by Crippen LogP contribution is 2.41. The molecular formula is C81H77N6O3+3. The Morgan fingerprint density at radius 1 is 0.422 bits per heavy atom. The Morgan fingerprint density at radius 3 is 1.14 bits per heavy atom. The van der Waals surface area contributed by atoms with Crippen molar-refractivity contribution in [2.24, 2.45) is 27.1 Å². The fourth-order valence-electron chi connectivity index (χ4n) is 13.9. The molecule has 446 valence electrons. The van der Waals surface area contributed by atoms with Crippen molar-refractivity contribution >= 4 is 98.9 Å². The summed E-state index contributed by atoms with van der Waals surface area (Å²) in [6.45, 7) is 10.2. The first-order valence-corrected chi connectivity index (χ1v) is 32.0. The number of hydrogen-bond acceptors (Lipinski definition) is 6. The van der Waals surface area contributed by atoms with Crippen LogP contribution in [0.5, 0.6) is 0 Å². The average molecular weight is 1190 g/mol. The molecule has 0 amide bonds. The quantitative estimate of drug-likeness (QED) is 0.148. The Bertz CT molecular complexity index is 5310. The lowest BCUT2D eigenvalue weighted by atomic mass is 9.84. The van der Waals surface area contributed by atoms with Crippen molar-refractivity contribution in [2.45, 2.75) is 111 Å². The van der Waals surface area contributed by atoms with Gasteiger partial charge in [-0.3, -0.25) is 0 Å². The van der Waals surface area contributed by atoms with Gasteiger partial charge in [0.2, 0.25) is 34.2 Å². The van der Waals surface area contributed by atoms with Crippen LogP contribution in [0.3, 0.4) is 0 Å². The first kappa shape index (κ1) is 52.3. The number of aryl methyl sites for hydroxylation is 6. The molecule has 0 radical (unpaired) electrons. The molecule has 0 spiro atoms. The molecule has 2 fully saturated rings. The summed E-state index contributed by atoms with van der Waals surface area (Å²) in [6, 6.07) is 56.3. The molecule has 0 N–H and O–H groups in total. The van der Waals surface area contributed by atoms with Gasteiger partial charge in [0.05, 0.1) is 33.2 Å². The summed E-state index contributed by atoms with van der Waals surface area (Å²) in [6.07, 6.45) is 14.3. The smallest absolute Gasteiger partial charge is 0.227 e. The van der Waals surface area contributed by atoms with Crippen LogP contribution < -0.4 is 13.7 Å². The largest absolute Gasteiger partial charge is 0.438 e. The predicted molar refractivity (Wildman–Crippen MR) is 367 cm³/mol. The van der Waals surface area contributed by atoms with E-state index in [2.05, 4.69) is 153 Å². The van der Waals surface area contributed by atoms with Gasteiger partial charge in [-0.2, -0.15) is 0 Å². The lowest BCUT2D eigenvalue weighted by Gasteiger charge is -2.21. The van der Waals surface area contributed by atoms with E-state index < -0.39 is 18.2 Å². The second kappa shape index (κ2) is 23.4. The molecule has 0 bridgehead atoms. The third-order valence-corrected chi connectivity index (χ3v) is 18.8. The molecule has 17 rings (SSSR count). The Hall–Kier alpha value is -9.60. The van der Waals surface area contributed by atoms with Gasteiger partial charge < -0.3 is 13.3 Å². The van der Waals surface area contributed by atoms with Crippen LogP contribution in [-0.4, -0.2) is 15.0 Å². The van der Waals surface area contributed by atoms with Gasteiger partial charge in [0.1, 0.15) is 37.9 Å². The van der Waals surface area contributed by atoms with E-state index in [4.69, 9.17) is 33.7 Å². The van der Waals surface area contributed by atoms with Crippen LogP contribution in [0.2, 0.25) is 0 Å². The minimum atomic E-state index is -1.40. The molecule has 2 saturated carbocycles. The van der Waals surface area contributed by atoms with Crippen molar-refractivity contribution in [3.8, 4) is 33.8 Å². The highest BCUT2D eigenvalue weighted by atomic mass is 16.3. The van der Waals surface area contributed by atoms with Crippen molar-refractivity contribution in [3.63, 3.8) is 0 Å². The number of aromatic nitrogens is 6. The lowest BCUT2D eigenvalue weighted by Crippen LogP contribution is -2.31. The topological polar surface area (TPSA) is 89.7 Å². The Labute approximate surface area is 530 Å². The van der Waals surface area contributed by atoms with Crippen molar-refractivity contribution < 1.29 is 32.4 Å². The van der Waals surface area contributed by atoms with Gasteiger partial charge in [-0.05, 0) is 177 Å². The number of pyridine rings is 6. The zero-order valence-corrected chi connectivity index (χ0v) is 52.7. The minimum Gasteiger partial charge on any atom is -0.438 e. The van der Waals surface area contributed by atoms with Crippen LogP contribution in [0.25, 0.3) is 133 Å². The molecule has 0 saturated heterocycles. The molecule has 9 heterocycles. The van der Waals surface area contributed by atoms with Crippen LogP contribution in [0, 0.1) is 26.7 Å². The number of furan rings is 3. The second-order valence-corrected chi connectivity index (χ2v) is 25.4. The van der Waals surface area contributed by atoms with E-state index >= 15 is 0 Å². The molecule has 0 aliphatic heterocycles. The molecule has 90 heavy (non-hydrogen) atoms. The summed E-state index contributed by atoms with van der Waals surface area (Å²) in [5.74, 6) is -1.04. The van der Waals surface area contributed by atoms with Crippen LogP contribution in [0.1, 0.15) is 122 Å². The molecule has 2 aliphatic rings. The van der Waals surface area contributed by atoms with Gasteiger partial charge in [-0.1, -0.05) is 101 Å². The number of benzene rings is 6. The zero-order chi connectivity index (χ0) is 64.9. The number of hydrogen-bond donors (Lipinski definition) is 0. The highest BCUT2D eigenvalue weighted by Gasteiger charge is 2.26. The Morgan fingerprint density at radius 2 is 0.767 bits per heavy atom. The number of para-hydroxylation sites is 3. The lowest BCUT2D eigenvalue weighted by molar-refractivity contribution is -0.660. The van der Waals surface area contributed by atoms with E-state index in [1.54, 1.807) is 0 Å². The average Bonchev–Trinajstić information content (AvgIpc) is 1.53. The van der Waals surface area contributed by atoms with Gasteiger partial charge >= 0.3 is 0 Å². The van der Waals surface area contributed by atoms with Crippen molar-refractivity contribution in [3.05, 3.63) is 216 Å². The normalized spacial score (nSPS) is 15.6. The predicted octanol–water partition coefficient (Wildman–Crippen LogP) is 19.7. The standard InChI is InChI=1S/C28H27N2O.C27H25N2O.C26H25N2O/c1-18-14-23-24-15-21-10-6-7-11-25(21)29-28(24)31-27(23)17-22(18)26-16-20(12-13-30(26)2)19-8-4-3-5-9-19;1-17-13-22-23-14-20-9-5-6-10-24(20)28-27(23)30-26(22)16-21(17)25-15-19(11-12-29(25)2)18-7-3-4-8-18;1-16(2)11-18-9-10-28(4)24(13-18)20-15-25-21(12-17(20)3)22-14-19-7-5-6-8-23(19)27-26(22)29-25/h6-7,10-17,19H,3-5,8-9H2,1-2H3;5-6,9-16,18H,3-4,7-8H2,1-2H3;5-10,12-16H,11H2,1-4H3/q3*+1/i19D;18D;11D2. The van der Waals surface area contributed by atoms with Gasteiger partial charge in [0.25, 0.3) is 0 Å². The Kier molecular flexibility index (Phi) is 13.6. The van der Waals surface area contributed by atoms with Crippen LogP contribution >= 0.6 is 0 Å². The van der Waals surface area contributed by atoms with E-state index in [0.717, 1.165) is 184 Å². The summed E-state index contributed by atoms with van der Waals surface area (Å²) in [5, 5.41) is 9.70. The zero-order valence-electron chi connectivity index (χ0n) is 56.7. The maximum atomic E-state index is 9.08. The van der Waals surface area contributed by atoms with E-state index in [0.29, 0.717) is 22.7 Å². The van der Waals surface area contributed by atoms with Crippen LogP contribution in [-0.2, 0) is 27.5 Å². The maximum Gasteiger partial charge on any atom is 0.227 e. The second-order valence-electron chi connectivity index (χ2n) is 25.4. The van der Waals surface area contributed by atoms with Crippen molar-refractivity contribution in [2.75, 3.05) is 0 Å². The summed E-state index contributed by atoms with van der Waals surface area (Å²) >= 11 is 0. The maximum absolute atomic E-state index is 9.08. The number of nitrogens with zero attached hydrogens (tertiary/aromatic N) is 6. The summed E-state index contributed by atoms with van der Waals surface area (Å²) < 4.78 is 60.0. The summed E-state index contributed by atoms with van der Waals surface area (Å²) in [5.41, 5.74) is 20.3. The van der Waals surface area contributed by atoms with Crippen LogP contribution in [0.15, 0.2) is 196 Å². The van der Waals surface area contributed by atoms with Gasteiger partial charge in [-0.25, -0.2) is 28.7 Å². The molecule has 6 aromatic carbocycles. The third-order valence-electron chi connectivity index (χ3n) is 18.8. The SMILES string of the molecule is [2H]C([2H])(c1cc[n+](C)c(-c2cc3oc4nc5ccccc5cc4c3cc2C)c1)C(C)C.[2H]C1(c2cc[n+](C)c(-c3cc4oc5nc6ccccc6cc5c4cc3C)c2)CCCC1.[2H]C1(c2cc[n+](C)c(-c3cc4oc5nc6ccccc6cc5c4cc3C)c2)CCCCC1. The summed E-state index contributed by atoms with van der Waals surface area (Å²) in [4.78, 5) is 14.2. The third kappa shape index (κ3) is 10.7. The van der Waals surface area contributed by atoms with Crippen LogP contribution in [0.4, 0.5) is 0 Å². The highest BCUT2D eigenvalue weighted by molar-refractivity contribution is 6.11. The van der Waals surface area contributed by atoms with E-state index in [-0.39, 0.29) is 5.92 Å². The molecule has 9 heteroatoms. The molecule has 9 nitrogen and oxygen atoms in total. The van der Waals surface area contributed by atoms with Gasteiger partial charge in [0.15, 0.2) is 18.6 Å². The fourth-order valence-corrected chi connectivity index (χ4v) is 13.9. The van der Waals surface area contributed by atoms with Crippen molar-refractivity contribution in [1.82, 2.24) is 15.0 Å². The number of fused-ring (bicyclic) bond motifs is 12. The monoisotopic (exact) mass is 1190 g/mol. The number of rotatable bonds is 7. The molecule has 15 aromatic rings.